The number of nitrogens with one attached hydrogen (secondary N) is 1. The number of esters is 1. The van der Waals surface area contributed by atoms with Crippen LogP contribution in [0.4, 0.5) is 0 Å². The molecule has 1 amide bonds. The van der Waals surface area contributed by atoms with Crippen LogP contribution in [0.2, 0.25) is 0 Å². The van der Waals surface area contributed by atoms with Crippen molar-refractivity contribution < 1.29 is 24.5 Å². The maximum atomic E-state index is 13.2. The minimum absolute atomic E-state index is 0.0739. The second-order valence-corrected chi connectivity index (χ2v) is 17.9. The number of hydrogen-bond donors (Lipinski definition) is 3. The molecule has 0 aromatic heterocycles. The highest BCUT2D eigenvalue weighted by atomic mass is 16.5. The van der Waals surface area contributed by atoms with Gasteiger partial charge in [-0.2, -0.15) is 0 Å². The highest BCUT2D eigenvalue weighted by Gasteiger charge is 2.24. The van der Waals surface area contributed by atoms with Crippen LogP contribution in [-0.4, -0.2) is 46.9 Å². The van der Waals surface area contributed by atoms with Gasteiger partial charge in [-0.1, -0.05) is 212 Å². The summed E-state index contributed by atoms with van der Waals surface area (Å²) in [6.45, 7) is 6.46. The summed E-state index contributed by atoms with van der Waals surface area (Å²) in [6, 6.07) is -0.700. The fraction of sp³-hybridized carbons (Fsp3) is 0.887. The molecule has 3 unspecified atom stereocenters. The predicted molar refractivity (Wildman–Crippen MR) is 255 cm³/mol. The SMILES string of the molecule is CCCCCC/C=C\CCCCCCCC(CC(=O)NC(CO)C(O)CCCCCCCCCCCC)OC(=O)CCCCCCCCC/C=C/CCCCCCCC. The van der Waals surface area contributed by atoms with Crippen LogP contribution in [0.15, 0.2) is 24.3 Å². The summed E-state index contributed by atoms with van der Waals surface area (Å²) >= 11 is 0. The van der Waals surface area contributed by atoms with E-state index in [9.17, 15) is 19.8 Å². The summed E-state index contributed by atoms with van der Waals surface area (Å²) in [5.74, 6) is -0.476. The van der Waals surface area contributed by atoms with Gasteiger partial charge >= 0.3 is 5.97 Å². The summed E-state index contributed by atoms with van der Waals surface area (Å²) in [4.78, 5) is 26.1. The number of unbranched alkanes of at least 4 members (excludes halogenated alkanes) is 31. The summed E-state index contributed by atoms with van der Waals surface area (Å²) in [6.07, 6.45) is 53.8. The molecule has 0 fully saturated rings. The number of hydrogen-bond acceptors (Lipinski definition) is 5. The summed E-state index contributed by atoms with van der Waals surface area (Å²) < 4.78 is 5.93. The molecule has 6 heteroatoms. The van der Waals surface area contributed by atoms with Crippen molar-refractivity contribution in [3.05, 3.63) is 24.3 Å². The lowest BCUT2D eigenvalue weighted by Crippen LogP contribution is -2.46. The summed E-state index contributed by atoms with van der Waals surface area (Å²) in [5, 5.41) is 23.7. The van der Waals surface area contributed by atoms with Crippen LogP contribution < -0.4 is 5.32 Å². The Kier molecular flexibility index (Phi) is 46.1. The van der Waals surface area contributed by atoms with Crippen LogP contribution in [0, 0.1) is 0 Å². The second-order valence-electron chi connectivity index (χ2n) is 17.9. The first-order valence-corrected chi connectivity index (χ1v) is 26.1. The molecule has 0 heterocycles. The topological polar surface area (TPSA) is 95.9 Å². The normalized spacial score (nSPS) is 13.4. The van der Waals surface area contributed by atoms with E-state index in [1.54, 1.807) is 0 Å². The van der Waals surface area contributed by atoms with Gasteiger partial charge in [-0.05, 0) is 77.0 Å². The zero-order chi connectivity index (χ0) is 43.1. The quantitative estimate of drug-likeness (QED) is 0.0322. The number of amides is 1. The van der Waals surface area contributed by atoms with Crippen LogP contribution in [0.1, 0.15) is 278 Å². The van der Waals surface area contributed by atoms with Gasteiger partial charge in [-0.3, -0.25) is 9.59 Å². The predicted octanol–water partition coefficient (Wildman–Crippen LogP) is 15.5. The van der Waals surface area contributed by atoms with E-state index in [2.05, 4.69) is 50.4 Å². The van der Waals surface area contributed by atoms with Crippen LogP contribution >= 0.6 is 0 Å². The van der Waals surface area contributed by atoms with E-state index in [4.69, 9.17) is 4.74 Å². The molecule has 0 aliphatic heterocycles. The Morgan fingerprint density at radius 2 is 0.814 bits per heavy atom. The Balaban J connectivity index is 4.54. The van der Waals surface area contributed by atoms with Crippen LogP contribution in [0.5, 0.6) is 0 Å². The molecule has 0 aliphatic carbocycles. The Hall–Kier alpha value is -1.66. The molecule has 0 aromatic carbocycles. The average molecular weight is 832 g/mol. The third-order valence-electron chi connectivity index (χ3n) is 12.0. The van der Waals surface area contributed by atoms with Crippen molar-refractivity contribution in [3.63, 3.8) is 0 Å². The Labute approximate surface area is 367 Å². The summed E-state index contributed by atoms with van der Waals surface area (Å²) in [7, 11) is 0. The number of aliphatic hydroxyl groups is 2. The molecule has 3 atom stereocenters. The molecule has 0 radical (unpaired) electrons. The molecule has 0 aromatic rings. The first kappa shape index (κ1) is 57.3. The van der Waals surface area contributed by atoms with Gasteiger partial charge in [0, 0.05) is 6.42 Å². The van der Waals surface area contributed by atoms with Gasteiger partial charge in [0.05, 0.1) is 25.2 Å². The fourth-order valence-electron chi connectivity index (χ4n) is 8.01. The smallest absolute Gasteiger partial charge is 0.306 e. The lowest BCUT2D eigenvalue weighted by atomic mass is 10.0. The monoisotopic (exact) mass is 832 g/mol. The third kappa shape index (κ3) is 42.8. The van der Waals surface area contributed by atoms with Crippen molar-refractivity contribution in [2.75, 3.05) is 6.61 Å². The highest BCUT2D eigenvalue weighted by molar-refractivity contribution is 5.77. The van der Waals surface area contributed by atoms with Gasteiger partial charge in [0.25, 0.3) is 0 Å². The zero-order valence-corrected chi connectivity index (χ0v) is 39.7. The van der Waals surface area contributed by atoms with Gasteiger partial charge in [-0.15, -0.1) is 0 Å². The van der Waals surface area contributed by atoms with Gasteiger partial charge in [0.15, 0.2) is 0 Å². The molecule has 348 valence electrons. The molecule has 59 heavy (non-hydrogen) atoms. The molecule has 6 nitrogen and oxygen atoms in total. The largest absolute Gasteiger partial charge is 0.462 e. The Morgan fingerprint density at radius 1 is 0.475 bits per heavy atom. The van der Waals surface area contributed by atoms with Crippen molar-refractivity contribution in [1.29, 1.82) is 0 Å². The standard InChI is InChI=1S/C53H101NO5/c1-4-7-10-13-16-19-22-24-25-26-27-29-31-34-37-40-43-46-53(58)59-49(44-41-38-35-32-30-28-23-20-17-14-11-8-5-2)47-52(57)54-50(48-55)51(56)45-42-39-36-33-21-18-15-12-9-6-3/h20,23-25,49-51,55-56H,4-19,21-22,26-48H2,1-3H3,(H,54,57)/b23-20-,25-24+. The number of allylic oxidation sites excluding steroid dienone is 4. The lowest BCUT2D eigenvalue weighted by Gasteiger charge is -2.24. The van der Waals surface area contributed by atoms with E-state index in [-0.39, 0.29) is 24.9 Å². The summed E-state index contributed by atoms with van der Waals surface area (Å²) in [5.41, 5.74) is 0. The van der Waals surface area contributed by atoms with Crippen molar-refractivity contribution in [2.45, 2.75) is 296 Å². The van der Waals surface area contributed by atoms with Crippen molar-refractivity contribution in [3.8, 4) is 0 Å². The van der Waals surface area contributed by atoms with E-state index < -0.39 is 18.2 Å². The molecule has 0 spiro atoms. The van der Waals surface area contributed by atoms with Crippen molar-refractivity contribution >= 4 is 11.9 Å². The lowest BCUT2D eigenvalue weighted by molar-refractivity contribution is -0.151. The highest BCUT2D eigenvalue weighted by Crippen LogP contribution is 2.18. The van der Waals surface area contributed by atoms with E-state index >= 15 is 0 Å². The first-order chi connectivity index (χ1) is 29.0. The maximum absolute atomic E-state index is 13.2. The van der Waals surface area contributed by atoms with E-state index in [1.165, 1.54) is 167 Å². The molecule has 0 saturated carbocycles. The zero-order valence-electron chi connectivity index (χ0n) is 39.7. The van der Waals surface area contributed by atoms with Crippen LogP contribution in [0.25, 0.3) is 0 Å². The number of aliphatic hydroxyl groups excluding tert-OH is 2. The maximum Gasteiger partial charge on any atom is 0.306 e. The molecule has 0 saturated heterocycles. The van der Waals surface area contributed by atoms with Gasteiger partial charge in [0.1, 0.15) is 6.10 Å². The van der Waals surface area contributed by atoms with E-state index in [0.717, 1.165) is 64.2 Å². The molecule has 3 N–H and O–H groups in total. The van der Waals surface area contributed by atoms with Crippen molar-refractivity contribution in [2.24, 2.45) is 0 Å². The molecular weight excluding hydrogens is 731 g/mol. The number of carbonyl (C=O) groups is 2. The molecule has 0 bridgehead atoms. The van der Waals surface area contributed by atoms with E-state index in [0.29, 0.717) is 19.3 Å². The number of ether oxygens (including phenoxy) is 1. The van der Waals surface area contributed by atoms with Crippen LogP contribution in [0.3, 0.4) is 0 Å². The fourth-order valence-corrected chi connectivity index (χ4v) is 8.01. The minimum atomic E-state index is -0.786. The van der Waals surface area contributed by atoms with Crippen LogP contribution in [-0.2, 0) is 14.3 Å². The van der Waals surface area contributed by atoms with Gasteiger partial charge in [-0.25, -0.2) is 0 Å². The van der Waals surface area contributed by atoms with Gasteiger partial charge in [0.2, 0.25) is 5.91 Å². The van der Waals surface area contributed by atoms with Crippen molar-refractivity contribution in [1.82, 2.24) is 5.32 Å². The average Bonchev–Trinajstić information content (AvgIpc) is 3.23. The van der Waals surface area contributed by atoms with E-state index in [1.807, 2.05) is 0 Å². The second kappa shape index (κ2) is 47.4. The number of rotatable bonds is 47. The number of carbonyl (C=O) groups excluding carboxylic acids is 2. The molecule has 0 rings (SSSR count). The Bertz CT molecular complexity index is 935. The molecular formula is C53H101NO5. The van der Waals surface area contributed by atoms with Gasteiger partial charge < -0.3 is 20.3 Å². The molecule has 0 aliphatic rings. The minimum Gasteiger partial charge on any atom is -0.462 e. The third-order valence-corrected chi connectivity index (χ3v) is 12.0. The Morgan fingerprint density at radius 3 is 1.22 bits per heavy atom. The first-order valence-electron chi connectivity index (χ1n) is 26.1.